The summed E-state index contributed by atoms with van der Waals surface area (Å²) < 4.78 is 58.1. The predicted molar refractivity (Wildman–Crippen MR) is 56.1 cm³/mol. The second-order valence-electron chi connectivity index (χ2n) is 4.74. The topological polar surface area (TPSA) is 95.2 Å². The van der Waals surface area contributed by atoms with Gasteiger partial charge in [0.05, 0.1) is 11.8 Å². The van der Waals surface area contributed by atoms with Crippen LogP contribution in [0.1, 0.15) is 13.8 Å². The van der Waals surface area contributed by atoms with E-state index in [1.165, 1.54) is 0 Å². The normalized spacial score (nSPS) is 51.1. The minimum Gasteiger partial charge on any atom is -0.222 e. The lowest BCUT2D eigenvalue weighted by molar-refractivity contribution is -0.186. The maximum absolute atomic E-state index is 14.5. The maximum Gasteiger partial charge on any atom is 0.250 e. The Bertz CT molecular complexity index is 505. The summed E-state index contributed by atoms with van der Waals surface area (Å²) >= 11 is 0. The first kappa shape index (κ1) is 15.7. The Kier molecular flexibility index (Phi) is 3.22. The van der Waals surface area contributed by atoms with Gasteiger partial charge in [-0.2, -0.15) is 21.0 Å². The highest BCUT2D eigenvalue weighted by atomic mass is 19.2. The van der Waals surface area contributed by atoms with Crippen LogP contribution in [0.15, 0.2) is 0 Å². The van der Waals surface area contributed by atoms with Crippen LogP contribution in [-0.2, 0) is 0 Å². The number of alkyl halides is 4. The minimum atomic E-state index is -3.77. The lowest BCUT2D eigenvalue weighted by Crippen LogP contribution is -2.74. The van der Waals surface area contributed by atoms with Crippen molar-refractivity contribution in [1.29, 1.82) is 21.0 Å². The van der Waals surface area contributed by atoms with E-state index in [1.54, 1.807) is 0 Å². The highest BCUT2D eigenvalue weighted by molar-refractivity contribution is 5.43. The Balaban J connectivity index is 3.82. The molecule has 0 bridgehead atoms. The first-order valence-corrected chi connectivity index (χ1v) is 5.46. The molecule has 0 aliphatic heterocycles. The van der Waals surface area contributed by atoms with Gasteiger partial charge in [0, 0.05) is 0 Å². The van der Waals surface area contributed by atoms with Crippen LogP contribution in [0.4, 0.5) is 17.6 Å². The van der Waals surface area contributed by atoms with Crippen molar-refractivity contribution >= 4 is 0 Å². The highest BCUT2D eigenvalue weighted by Gasteiger charge is 2.81. The fraction of sp³-hybridized carbons (Fsp3) is 0.667. The molecule has 0 aromatic heterocycles. The Hall–Kier alpha value is -2.32. The van der Waals surface area contributed by atoms with Gasteiger partial charge in [-0.1, -0.05) is 13.8 Å². The molecule has 0 amide bonds. The molecule has 0 saturated heterocycles. The Labute approximate surface area is 112 Å². The van der Waals surface area contributed by atoms with Crippen LogP contribution in [0.3, 0.4) is 0 Å². The standard InChI is InChI=1S/C12H8F4N4/c1-7-9(13,3-17)11(15,5-19)8(2)12(16,6-20)10(7,14)4-18/h7-8H,1-2H3. The third-order valence-electron chi connectivity index (χ3n) is 4.10. The molecule has 0 aromatic carbocycles. The van der Waals surface area contributed by atoms with Crippen LogP contribution in [0.5, 0.6) is 0 Å². The number of halogens is 4. The minimum absolute atomic E-state index is 0.579. The van der Waals surface area contributed by atoms with Crippen molar-refractivity contribution in [2.75, 3.05) is 0 Å². The van der Waals surface area contributed by atoms with E-state index >= 15 is 0 Å². The van der Waals surface area contributed by atoms with Gasteiger partial charge in [-0.05, 0) is 0 Å². The smallest absolute Gasteiger partial charge is 0.222 e. The Morgan fingerprint density at radius 2 is 0.750 bits per heavy atom. The van der Waals surface area contributed by atoms with Crippen molar-refractivity contribution in [1.82, 2.24) is 0 Å². The molecule has 0 N–H and O–H groups in total. The zero-order chi connectivity index (χ0) is 16.0. The summed E-state index contributed by atoms with van der Waals surface area (Å²) in [7, 11) is 0. The summed E-state index contributed by atoms with van der Waals surface area (Å²) in [5, 5.41) is 35.1. The zero-order valence-corrected chi connectivity index (χ0v) is 10.5. The van der Waals surface area contributed by atoms with Crippen LogP contribution in [0.2, 0.25) is 0 Å². The summed E-state index contributed by atoms with van der Waals surface area (Å²) in [4.78, 5) is 0. The van der Waals surface area contributed by atoms with Crippen LogP contribution in [-0.4, -0.2) is 22.7 Å². The van der Waals surface area contributed by atoms with Crippen molar-refractivity contribution in [2.45, 2.75) is 36.5 Å². The fourth-order valence-corrected chi connectivity index (χ4v) is 2.52. The number of hydrogen-bond acceptors (Lipinski definition) is 4. The number of nitrogens with zero attached hydrogens (tertiary/aromatic N) is 4. The Morgan fingerprint density at radius 1 is 0.600 bits per heavy atom. The molecule has 1 aliphatic carbocycles. The van der Waals surface area contributed by atoms with E-state index in [2.05, 4.69) is 0 Å². The molecule has 0 radical (unpaired) electrons. The van der Waals surface area contributed by atoms with Gasteiger partial charge in [-0.25, -0.2) is 17.6 Å². The van der Waals surface area contributed by atoms with Gasteiger partial charge in [-0.3, -0.25) is 0 Å². The van der Waals surface area contributed by atoms with Crippen LogP contribution >= 0.6 is 0 Å². The maximum atomic E-state index is 14.5. The first-order valence-electron chi connectivity index (χ1n) is 5.46. The van der Waals surface area contributed by atoms with Gasteiger partial charge in [0.1, 0.15) is 24.3 Å². The summed E-state index contributed by atoms with van der Waals surface area (Å²) in [5.41, 5.74) is -15.1. The van der Waals surface area contributed by atoms with Gasteiger partial charge >= 0.3 is 0 Å². The fourth-order valence-electron chi connectivity index (χ4n) is 2.52. The van der Waals surface area contributed by atoms with Crippen LogP contribution in [0.25, 0.3) is 0 Å². The molecule has 1 aliphatic rings. The quantitative estimate of drug-likeness (QED) is 0.637. The zero-order valence-electron chi connectivity index (χ0n) is 10.5. The van der Waals surface area contributed by atoms with E-state index in [9.17, 15) is 17.6 Å². The number of hydrogen-bond donors (Lipinski definition) is 0. The molecular weight excluding hydrogens is 276 g/mol. The molecular formula is C12H8F4N4. The van der Waals surface area contributed by atoms with Crippen LogP contribution in [0, 0.1) is 57.2 Å². The second kappa shape index (κ2) is 4.09. The lowest BCUT2D eigenvalue weighted by Gasteiger charge is -2.51. The predicted octanol–water partition coefficient (Wildman–Crippen LogP) is 2.20. The van der Waals surface area contributed by atoms with Crippen molar-refractivity contribution in [2.24, 2.45) is 11.8 Å². The molecule has 4 nitrogen and oxygen atoms in total. The molecule has 4 atom stereocenters. The molecule has 8 heteroatoms. The summed E-state index contributed by atoms with van der Waals surface area (Å²) in [6.45, 7) is 1.16. The van der Waals surface area contributed by atoms with E-state index in [0.29, 0.717) is 13.8 Å². The summed E-state index contributed by atoms with van der Waals surface area (Å²) in [6.07, 6.45) is 0. The van der Waals surface area contributed by atoms with Gasteiger partial charge < -0.3 is 0 Å². The largest absolute Gasteiger partial charge is 0.250 e. The number of rotatable bonds is 0. The second-order valence-corrected chi connectivity index (χ2v) is 4.74. The van der Waals surface area contributed by atoms with Crippen molar-refractivity contribution in [3.63, 3.8) is 0 Å². The molecule has 1 saturated carbocycles. The van der Waals surface area contributed by atoms with Gasteiger partial charge in [0.2, 0.25) is 22.7 Å². The molecule has 0 aromatic rings. The van der Waals surface area contributed by atoms with Gasteiger partial charge in [-0.15, -0.1) is 0 Å². The third kappa shape index (κ3) is 1.27. The molecule has 20 heavy (non-hydrogen) atoms. The van der Waals surface area contributed by atoms with Crippen molar-refractivity contribution in [3.8, 4) is 24.3 Å². The molecule has 0 heterocycles. The van der Waals surface area contributed by atoms with E-state index in [0.717, 1.165) is 24.3 Å². The molecule has 0 spiro atoms. The van der Waals surface area contributed by atoms with Crippen molar-refractivity contribution in [3.05, 3.63) is 0 Å². The van der Waals surface area contributed by atoms with Gasteiger partial charge in [0.25, 0.3) is 0 Å². The monoisotopic (exact) mass is 284 g/mol. The van der Waals surface area contributed by atoms with Crippen LogP contribution < -0.4 is 0 Å². The van der Waals surface area contributed by atoms with Gasteiger partial charge in [0.15, 0.2) is 0 Å². The van der Waals surface area contributed by atoms with E-state index < -0.39 is 34.5 Å². The molecule has 1 fully saturated rings. The van der Waals surface area contributed by atoms with Crippen molar-refractivity contribution < 1.29 is 17.6 Å². The molecule has 1 rings (SSSR count). The molecule has 4 unspecified atom stereocenters. The average Bonchev–Trinajstić information content (AvgIpc) is 2.48. The SMILES string of the molecule is CC1C(F)(C#N)C(F)(C#N)C(C)C(F)(C#N)C1(F)C#N. The summed E-state index contributed by atoms with van der Waals surface area (Å²) in [6, 6.07) is 3.29. The van der Waals surface area contributed by atoms with E-state index in [4.69, 9.17) is 21.0 Å². The first-order chi connectivity index (χ1) is 9.05. The lowest BCUT2D eigenvalue weighted by atomic mass is 9.53. The Morgan fingerprint density at radius 3 is 0.850 bits per heavy atom. The summed E-state index contributed by atoms with van der Waals surface area (Å²) in [5.74, 6) is -4.95. The highest BCUT2D eigenvalue weighted by Crippen LogP contribution is 2.60. The molecule has 104 valence electrons. The van der Waals surface area contributed by atoms with E-state index in [1.807, 2.05) is 0 Å². The number of nitriles is 4. The third-order valence-corrected chi connectivity index (χ3v) is 4.10. The average molecular weight is 284 g/mol. The van der Waals surface area contributed by atoms with E-state index in [-0.39, 0.29) is 0 Å².